The molecule has 0 aromatic heterocycles. The normalized spacial score (nSPS) is 9.64. The first-order valence-corrected chi connectivity index (χ1v) is 3.54. The van der Waals surface area contributed by atoms with Gasteiger partial charge in [-0.05, 0) is 5.56 Å². The number of ether oxygens (including phenoxy) is 1. The fourth-order valence-electron chi connectivity index (χ4n) is 0.984. The van der Waals surface area contributed by atoms with Gasteiger partial charge in [-0.2, -0.15) is 0 Å². The molecule has 11 heavy (non-hydrogen) atoms. The Morgan fingerprint density at radius 3 is 3.00 bits per heavy atom. The first-order chi connectivity index (χ1) is 5.36. The van der Waals surface area contributed by atoms with Crippen molar-refractivity contribution in [2.45, 2.75) is 6.61 Å². The first-order valence-electron chi connectivity index (χ1n) is 3.54. The fourth-order valence-corrected chi connectivity index (χ4v) is 0.984. The molecule has 0 heterocycles. The molecule has 0 aliphatic rings. The van der Waals surface area contributed by atoms with Crippen LogP contribution in [0.2, 0.25) is 0 Å². The van der Waals surface area contributed by atoms with E-state index < -0.39 is 0 Å². The van der Waals surface area contributed by atoms with Gasteiger partial charge >= 0.3 is 7.48 Å². The van der Waals surface area contributed by atoms with Crippen LogP contribution in [0.3, 0.4) is 0 Å². The molecule has 0 aliphatic heterocycles. The zero-order valence-corrected chi connectivity index (χ0v) is 6.58. The average Bonchev–Trinajstić information content (AvgIpc) is 2.06. The van der Waals surface area contributed by atoms with Gasteiger partial charge in [-0.3, -0.25) is 0 Å². The molecule has 2 nitrogen and oxygen atoms in total. The highest BCUT2D eigenvalue weighted by atomic mass is 16.5. The molecule has 1 aromatic carbocycles. The van der Waals surface area contributed by atoms with Crippen molar-refractivity contribution in [3.8, 4) is 0 Å². The van der Waals surface area contributed by atoms with Crippen LogP contribution in [0.4, 0.5) is 0 Å². The monoisotopic (exact) mass is 150 g/mol. The van der Waals surface area contributed by atoms with Crippen molar-refractivity contribution in [1.29, 1.82) is 0 Å². The summed E-state index contributed by atoms with van der Waals surface area (Å²) in [5, 5.41) is 8.79. The molecule has 1 N–H and O–H groups in total. The summed E-state index contributed by atoms with van der Waals surface area (Å²) in [4.78, 5) is 0. The number of hydrogen-bond donors (Lipinski definition) is 1. The van der Waals surface area contributed by atoms with E-state index in [-0.39, 0.29) is 7.48 Å². The van der Waals surface area contributed by atoms with E-state index in [1.807, 2.05) is 24.3 Å². The third kappa shape index (κ3) is 2.37. The van der Waals surface area contributed by atoms with Gasteiger partial charge < -0.3 is 9.76 Å². The second-order valence-electron chi connectivity index (χ2n) is 2.41. The summed E-state index contributed by atoms with van der Waals surface area (Å²) >= 11 is 0. The summed E-state index contributed by atoms with van der Waals surface area (Å²) in [6.07, 6.45) is 0. The average molecular weight is 150 g/mol. The molecule has 0 radical (unpaired) electrons. The minimum Gasteiger partial charge on any atom is -0.449 e. The second kappa shape index (κ2) is 4.16. The third-order valence-corrected chi connectivity index (χ3v) is 1.48. The molecule has 0 saturated heterocycles. The second-order valence-corrected chi connectivity index (χ2v) is 2.41. The topological polar surface area (TPSA) is 29.5 Å². The predicted molar refractivity (Wildman–Crippen MR) is 46.2 cm³/mol. The molecule has 0 spiro atoms. The Labute approximate surface area is 67.1 Å². The Morgan fingerprint density at radius 2 is 2.36 bits per heavy atom. The molecular weight excluding hydrogens is 139 g/mol. The predicted octanol–water partition coefficient (Wildman–Crippen LogP) is -0.198. The van der Waals surface area contributed by atoms with Crippen LogP contribution in [0.25, 0.3) is 0 Å². The Bertz CT molecular complexity index is 225. The number of rotatable bonds is 3. The van der Waals surface area contributed by atoms with E-state index in [9.17, 15) is 0 Å². The molecule has 58 valence electrons. The van der Waals surface area contributed by atoms with Crippen molar-refractivity contribution < 1.29 is 9.76 Å². The lowest BCUT2D eigenvalue weighted by atomic mass is 9.88. The molecule has 0 amide bonds. The van der Waals surface area contributed by atoms with Gasteiger partial charge in [-0.1, -0.05) is 29.7 Å². The van der Waals surface area contributed by atoms with Crippen LogP contribution in [0.5, 0.6) is 0 Å². The number of benzene rings is 1. The molecule has 3 heteroatoms. The van der Waals surface area contributed by atoms with Crippen LogP contribution in [0, 0.1) is 0 Å². The lowest BCUT2D eigenvalue weighted by Crippen LogP contribution is -2.13. The van der Waals surface area contributed by atoms with Crippen molar-refractivity contribution in [3.63, 3.8) is 0 Å². The van der Waals surface area contributed by atoms with Gasteiger partial charge in [0.25, 0.3) is 0 Å². The van der Waals surface area contributed by atoms with Gasteiger partial charge in [0.05, 0.1) is 6.61 Å². The summed E-state index contributed by atoms with van der Waals surface area (Å²) in [6, 6.07) is 7.71. The number of hydrogen-bond acceptors (Lipinski definition) is 2. The summed E-state index contributed by atoms with van der Waals surface area (Å²) in [6.45, 7) is 0.605. The molecule has 1 aromatic rings. The van der Waals surface area contributed by atoms with Gasteiger partial charge in [0.1, 0.15) is 0 Å². The zero-order chi connectivity index (χ0) is 8.10. The Morgan fingerprint density at radius 1 is 1.55 bits per heavy atom. The minimum absolute atomic E-state index is 0.0948. The molecular formula is C8H11BO2. The van der Waals surface area contributed by atoms with E-state index >= 15 is 0 Å². The van der Waals surface area contributed by atoms with Gasteiger partial charge in [-0.15, -0.1) is 0 Å². The first kappa shape index (κ1) is 8.30. The Hall–Kier alpha value is -0.795. The maximum Gasteiger partial charge on any atom is 0.304 e. The SMILES string of the molecule is COCc1cccc(BO)c1. The standard InChI is InChI=1S/C8H11BO2/c1-11-6-7-3-2-4-8(5-7)9-10/h2-5,9-10H,6H2,1H3. The molecule has 0 fully saturated rings. The van der Waals surface area contributed by atoms with E-state index in [0.29, 0.717) is 6.61 Å². The molecule has 0 atom stereocenters. The van der Waals surface area contributed by atoms with Crippen molar-refractivity contribution in [1.82, 2.24) is 0 Å². The highest BCUT2D eigenvalue weighted by Crippen LogP contribution is 1.97. The maximum atomic E-state index is 8.79. The van der Waals surface area contributed by atoms with Crippen molar-refractivity contribution >= 4 is 12.9 Å². The van der Waals surface area contributed by atoms with Crippen LogP contribution in [-0.2, 0) is 11.3 Å². The fraction of sp³-hybridized carbons (Fsp3) is 0.250. The lowest BCUT2D eigenvalue weighted by Gasteiger charge is -2.00. The van der Waals surface area contributed by atoms with Crippen molar-refractivity contribution in [2.75, 3.05) is 7.11 Å². The van der Waals surface area contributed by atoms with E-state index in [1.165, 1.54) is 0 Å². The molecule has 0 aliphatic carbocycles. The van der Waals surface area contributed by atoms with E-state index in [1.54, 1.807) is 7.11 Å². The van der Waals surface area contributed by atoms with Crippen LogP contribution < -0.4 is 5.46 Å². The smallest absolute Gasteiger partial charge is 0.304 e. The molecule has 0 unspecified atom stereocenters. The summed E-state index contributed by atoms with van der Waals surface area (Å²) in [5.74, 6) is 0. The molecule has 0 saturated carbocycles. The number of methoxy groups -OCH3 is 1. The van der Waals surface area contributed by atoms with E-state index in [2.05, 4.69) is 0 Å². The van der Waals surface area contributed by atoms with Crippen molar-refractivity contribution in [2.24, 2.45) is 0 Å². The van der Waals surface area contributed by atoms with Crippen LogP contribution in [0.1, 0.15) is 5.56 Å². The summed E-state index contributed by atoms with van der Waals surface area (Å²) in [5.41, 5.74) is 2.03. The highest BCUT2D eigenvalue weighted by Gasteiger charge is 1.94. The maximum absolute atomic E-state index is 8.79. The largest absolute Gasteiger partial charge is 0.449 e. The summed E-state index contributed by atoms with van der Waals surface area (Å²) < 4.78 is 4.95. The highest BCUT2D eigenvalue weighted by molar-refractivity contribution is 6.45. The lowest BCUT2D eigenvalue weighted by molar-refractivity contribution is 0.185. The van der Waals surface area contributed by atoms with Gasteiger partial charge in [0.2, 0.25) is 0 Å². The quantitative estimate of drug-likeness (QED) is 0.604. The molecule has 1 rings (SSSR count). The van der Waals surface area contributed by atoms with Gasteiger partial charge in [0.15, 0.2) is 0 Å². The molecule has 0 bridgehead atoms. The van der Waals surface area contributed by atoms with Crippen LogP contribution >= 0.6 is 0 Å². The van der Waals surface area contributed by atoms with Gasteiger partial charge in [-0.25, -0.2) is 0 Å². The Kier molecular flexibility index (Phi) is 3.14. The minimum atomic E-state index is 0.0948. The third-order valence-electron chi connectivity index (χ3n) is 1.48. The summed E-state index contributed by atoms with van der Waals surface area (Å²) in [7, 11) is 1.75. The van der Waals surface area contributed by atoms with Crippen molar-refractivity contribution in [3.05, 3.63) is 29.8 Å². The van der Waals surface area contributed by atoms with Crippen LogP contribution in [0.15, 0.2) is 24.3 Å². The Balaban J connectivity index is 2.74. The zero-order valence-electron chi connectivity index (χ0n) is 6.58. The van der Waals surface area contributed by atoms with E-state index in [0.717, 1.165) is 11.0 Å². The van der Waals surface area contributed by atoms with E-state index in [4.69, 9.17) is 9.76 Å². The van der Waals surface area contributed by atoms with Crippen LogP contribution in [-0.4, -0.2) is 19.6 Å². The van der Waals surface area contributed by atoms with Gasteiger partial charge in [0, 0.05) is 7.11 Å².